The summed E-state index contributed by atoms with van der Waals surface area (Å²) in [5.41, 5.74) is 1.12. The van der Waals surface area contributed by atoms with Gasteiger partial charge < -0.3 is 13.5 Å². The second kappa shape index (κ2) is 7.99. The van der Waals surface area contributed by atoms with Crippen LogP contribution >= 0.6 is 0 Å². The third-order valence-corrected chi connectivity index (χ3v) is 10.5. The lowest BCUT2D eigenvalue weighted by Crippen LogP contribution is -2.41. The van der Waals surface area contributed by atoms with Gasteiger partial charge in [0.15, 0.2) is 0 Å². The molecule has 4 nitrogen and oxygen atoms in total. The van der Waals surface area contributed by atoms with E-state index in [1.54, 1.807) is 0 Å². The number of hydrogen-bond acceptors (Lipinski definition) is 3. The maximum absolute atomic E-state index is 10.1. The van der Waals surface area contributed by atoms with Crippen LogP contribution in [0, 0.1) is 0 Å². The van der Waals surface area contributed by atoms with Gasteiger partial charge in [0.25, 0.3) is 0 Å². The summed E-state index contributed by atoms with van der Waals surface area (Å²) in [6.45, 7) is 6.62. The van der Waals surface area contributed by atoms with Crippen molar-refractivity contribution in [3.05, 3.63) is 12.2 Å². The Hall–Kier alpha value is -0.219. The number of nitrogens with one attached hydrogen (secondary N) is 1. The molecule has 0 aliphatic rings. The topological polar surface area (TPSA) is 47.6 Å². The predicted molar refractivity (Wildman–Crippen MR) is 70.9 cm³/mol. The molecule has 0 aromatic heterocycles. The molecular weight excluding hydrogens is 242 g/mol. The summed E-state index contributed by atoms with van der Waals surface area (Å²) in [6.07, 6.45) is 1.65. The van der Waals surface area contributed by atoms with Crippen molar-refractivity contribution in [3.63, 3.8) is 0 Å². The monoisotopic (exact) mass is 263 g/mol. The Bertz CT molecular complexity index is 209. The van der Waals surface area contributed by atoms with E-state index < -0.39 is 8.56 Å². The van der Waals surface area contributed by atoms with Crippen LogP contribution in [0.5, 0.6) is 0 Å². The Labute approximate surface area is 98.8 Å². The molecule has 0 atom stereocenters. The van der Waals surface area contributed by atoms with E-state index in [2.05, 4.69) is 11.9 Å². The highest BCUT2D eigenvalue weighted by Crippen LogP contribution is 2.22. The lowest BCUT2D eigenvalue weighted by Gasteiger charge is -2.29. The van der Waals surface area contributed by atoms with Crippen LogP contribution in [-0.4, -0.2) is 42.5 Å². The molecule has 7 heteroatoms. The summed E-state index contributed by atoms with van der Waals surface area (Å²) in [6, 6.07) is 1.81. The van der Waals surface area contributed by atoms with E-state index in [9.17, 15) is 4.79 Å². The standard InChI is InChI=1S/C8H21NO3Si3/c1-8(2)6-15(11-13,12-14)5-3-4-9-7-10/h7H,1,3-6H2,2,13-14H3,(H,9,10). The first-order chi connectivity index (χ1) is 7.10. The molecule has 0 aromatic rings. The van der Waals surface area contributed by atoms with Gasteiger partial charge in [-0.25, -0.2) is 0 Å². The van der Waals surface area contributed by atoms with Gasteiger partial charge in [0.05, 0.1) is 0 Å². The van der Waals surface area contributed by atoms with Crippen LogP contribution in [-0.2, 0) is 13.0 Å². The minimum Gasteiger partial charge on any atom is -0.445 e. The van der Waals surface area contributed by atoms with Crippen LogP contribution in [0.25, 0.3) is 0 Å². The van der Waals surface area contributed by atoms with Gasteiger partial charge in [0, 0.05) is 12.6 Å². The third-order valence-electron chi connectivity index (χ3n) is 2.28. The summed E-state index contributed by atoms with van der Waals surface area (Å²) in [5, 5.41) is 2.65. The van der Waals surface area contributed by atoms with Crippen LogP contribution in [0.2, 0.25) is 12.1 Å². The minimum absolute atomic E-state index is 0.699. The molecule has 0 radical (unpaired) electrons. The second-order valence-electron chi connectivity index (χ2n) is 3.63. The van der Waals surface area contributed by atoms with Crippen LogP contribution < -0.4 is 5.32 Å². The number of hydrogen-bond donors (Lipinski definition) is 1. The SMILES string of the molecule is C=C(C)C[Si](CCCNC=O)(O[SiH3])O[SiH3]. The smallest absolute Gasteiger partial charge is 0.320 e. The van der Waals surface area contributed by atoms with Crippen LogP contribution in [0.4, 0.5) is 0 Å². The summed E-state index contributed by atoms with van der Waals surface area (Å²) < 4.78 is 11.4. The largest absolute Gasteiger partial charge is 0.445 e. The van der Waals surface area contributed by atoms with Gasteiger partial charge in [-0.05, 0) is 19.4 Å². The van der Waals surface area contributed by atoms with Gasteiger partial charge in [-0.15, -0.1) is 6.58 Å². The summed E-state index contributed by atoms with van der Waals surface area (Å²) in [5.74, 6) is 0. The van der Waals surface area contributed by atoms with E-state index in [0.29, 0.717) is 27.5 Å². The van der Waals surface area contributed by atoms with E-state index in [0.717, 1.165) is 30.5 Å². The van der Waals surface area contributed by atoms with Gasteiger partial charge in [-0.2, -0.15) is 0 Å². The predicted octanol–water partition coefficient (Wildman–Crippen LogP) is -1.27. The van der Waals surface area contributed by atoms with E-state index in [1.807, 2.05) is 6.92 Å². The van der Waals surface area contributed by atoms with Gasteiger partial charge in [-0.3, -0.25) is 4.79 Å². The maximum atomic E-state index is 10.1. The lowest BCUT2D eigenvalue weighted by atomic mass is 10.4. The number of allylic oxidation sites excluding steroid dienone is 1. The average Bonchev–Trinajstić information content (AvgIpc) is 2.22. The van der Waals surface area contributed by atoms with Crippen molar-refractivity contribution in [2.24, 2.45) is 0 Å². The van der Waals surface area contributed by atoms with Crippen molar-refractivity contribution in [3.8, 4) is 0 Å². The highest BCUT2D eigenvalue weighted by molar-refractivity contribution is 6.73. The summed E-state index contributed by atoms with van der Waals surface area (Å²) in [7, 11) is -0.572. The molecule has 15 heavy (non-hydrogen) atoms. The van der Waals surface area contributed by atoms with Crippen LogP contribution in [0.1, 0.15) is 13.3 Å². The normalized spacial score (nSPS) is 14.7. The minimum atomic E-state index is -1.99. The fourth-order valence-corrected chi connectivity index (χ4v) is 8.26. The molecule has 0 saturated heterocycles. The zero-order chi connectivity index (χ0) is 11.7. The quantitative estimate of drug-likeness (QED) is 0.244. The van der Waals surface area contributed by atoms with Crippen molar-refractivity contribution in [2.45, 2.75) is 25.4 Å². The molecule has 0 aromatic carbocycles. The van der Waals surface area contributed by atoms with Crippen molar-refractivity contribution in [1.82, 2.24) is 5.32 Å². The first-order valence-electron chi connectivity index (χ1n) is 5.02. The molecule has 0 spiro atoms. The summed E-state index contributed by atoms with van der Waals surface area (Å²) in [4.78, 5) is 10.1. The molecule has 0 fully saturated rings. The van der Waals surface area contributed by atoms with E-state index in [1.165, 1.54) is 0 Å². The number of rotatable bonds is 9. The highest BCUT2D eigenvalue weighted by atomic mass is 28.4. The molecule has 0 aliphatic heterocycles. The zero-order valence-electron chi connectivity index (χ0n) is 9.84. The van der Waals surface area contributed by atoms with E-state index in [-0.39, 0.29) is 0 Å². The fraction of sp³-hybridized carbons (Fsp3) is 0.625. The Kier molecular flexibility index (Phi) is 7.88. The maximum Gasteiger partial charge on any atom is 0.320 e. The molecular formula is C8H21NO3Si3. The van der Waals surface area contributed by atoms with Gasteiger partial charge in [0.1, 0.15) is 21.0 Å². The lowest BCUT2D eigenvalue weighted by molar-refractivity contribution is -0.109. The Balaban J connectivity index is 4.11. The summed E-state index contributed by atoms with van der Waals surface area (Å²) >= 11 is 0. The average molecular weight is 264 g/mol. The molecule has 1 N–H and O–H groups in total. The molecule has 0 aliphatic carbocycles. The number of carbonyl (C=O) groups is 1. The number of amides is 1. The van der Waals surface area contributed by atoms with Crippen molar-refractivity contribution in [1.29, 1.82) is 0 Å². The van der Waals surface area contributed by atoms with Crippen molar-refractivity contribution in [2.75, 3.05) is 6.54 Å². The van der Waals surface area contributed by atoms with E-state index >= 15 is 0 Å². The fourth-order valence-electron chi connectivity index (χ4n) is 1.50. The van der Waals surface area contributed by atoms with Crippen LogP contribution in [0.3, 0.4) is 0 Å². The Morgan fingerprint density at radius 3 is 2.53 bits per heavy atom. The first kappa shape index (κ1) is 14.8. The first-order valence-corrected chi connectivity index (χ1v) is 8.88. The molecule has 1 amide bonds. The molecule has 0 rings (SSSR count). The molecule has 0 bridgehead atoms. The highest BCUT2D eigenvalue weighted by Gasteiger charge is 2.33. The number of carbonyl (C=O) groups excluding carboxylic acids is 1. The van der Waals surface area contributed by atoms with Gasteiger partial charge in [0.2, 0.25) is 6.41 Å². The molecule has 0 heterocycles. The molecule has 0 saturated carbocycles. The molecule has 0 unspecified atom stereocenters. The van der Waals surface area contributed by atoms with Crippen molar-refractivity contribution >= 4 is 35.9 Å². The Morgan fingerprint density at radius 2 is 2.13 bits per heavy atom. The van der Waals surface area contributed by atoms with Crippen molar-refractivity contribution < 1.29 is 13.0 Å². The van der Waals surface area contributed by atoms with Gasteiger partial charge in [-0.1, -0.05) is 5.57 Å². The molecule has 88 valence electrons. The third kappa shape index (κ3) is 6.05. The van der Waals surface area contributed by atoms with Gasteiger partial charge >= 0.3 is 8.56 Å². The second-order valence-corrected chi connectivity index (χ2v) is 9.57. The van der Waals surface area contributed by atoms with Crippen LogP contribution in [0.15, 0.2) is 12.2 Å². The zero-order valence-corrected chi connectivity index (χ0v) is 14.8. The van der Waals surface area contributed by atoms with E-state index in [4.69, 9.17) is 8.23 Å². The Morgan fingerprint density at radius 1 is 1.53 bits per heavy atom.